The van der Waals surface area contributed by atoms with E-state index in [4.69, 9.17) is 27.9 Å². The molecule has 1 heterocycles. The van der Waals surface area contributed by atoms with Gasteiger partial charge in [0.15, 0.2) is 0 Å². The smallest absolute Gasteiger partial charge is 0.0700 e. The highest BCUT2D eigenvalue weighted by molar-refractivity contribution is 6.42. The standard InChI is InChI=1S/C13H17Cl2NO/c1-9(16-8-10-4-3-7-17-10)11-5-2-6-12(14)13(11)15/h2,5-6,9-10,16H,3-4,7-8H2,1H3. The lowest BCUT2D eigenvalue weighted by Crippen LogP contribution is -2.28. The van der Waals surface area contributed by atoms with Crippen LogP contribution in [0.3, 0.4) is 0 Å². The molecule has 1 N–H and O–H groups in total. The maximum Gasteiger partial charge on any atom is 0.0700 e. The van der Waals surface area contributed by atoms with Gasteiger partial charge in [0.2, 0.25) is 0 Å². The highest BCUT2D eigenvalue weighted by atomic mass is 35.5. The van der Waals surface area contributed by atoms with Crippen molar-refractivity contribution >= 4 is 23.2 Å². The van der Waals surface area contributed by atoms with Crippen LogP contribution >= 0.6 is 23.2 Å². The van der Waals surface area contributed by atoms with Crippen LogP contribution in [0.4, 0.5) is 0 Å². The average Bonchev–Trinajstić information content (AvgIpc) is 2.82. The van der Waals surface area contributed by atoms with Gasteiger partial charge in [-0.1, -0.05) is 35.3 Å². The lowest BCUT2D eigenvalue weighted by molar-refractivity contribution is 0.108. The van der Waals surface area contributed by atoms with E-state index in [0.29, 0.717) is 16.1 Å². The molecule has 0 saturated carbocycles. The van der Waals surface area contributed by atoms with Gasteiger partial charge in [0.05, 0.1) is 16.1 Å². The van der Waals surface area contributed by atoms with Gasteiger partial charge in [-0.3, -0.25) is 0 Å². The molecule has 1 saturated heterocycles. The van der Waals surface area contributed by atoms with E-state index in [9.17, 15) is 0 Å². The Balaban J connectivity index is 1.94. The van der Waals surface area contributed by atoms with E-state index in [1.165, 1.54) is 6.42 Å². The van der Waals surface area contributed by atoms with Crippen LogP contribution in [0.25, 0.3) is 0 Å². The molecule has 0 bridgehead atoms. The molecule has 2 rings (SSSR count). The van der Waals surface area contributed by atoms with Crippen LogP contribution in [0.2, 0.25) is 10.0 Å². The topological polar surface area (TPSA) is 21.3 Å². The second kappa shape index (κ2) is 6.05. The predicted molar refractivity (Wildman–Crippen MR) is 71.9 cm³/mol. The van der Waals surface area contributed by atoms with E-state index in [0.717, 1.165) is 25.1 Å². The van der Waals surface area contributed by atoms with Crippen molar-refractivity contribution < 1.29 is 4.74 Å². The van der Waals surface area contributed by atoms with Crippen LogP contribution in [-0.2, 0) is 4.74 Å². The summed E-state index contributed by atoms with van der Waals surface area (Å²) in [6.45, 7) is 3.84. The molecule has 4 heteroatoms. The highest BCUT2D eigenvalue weighted by Crippen LogP contribution is 2.29. The first-order valence-electron chi connectivity index (χ1n) is 5.97. The van der Waals surface area contributed by atoms with Crippen LogP contribution in [0.1, 0.15) is 31.4 Å². The van der Waals surface area contributed by atoms with Crippen molar-refractivity contribution in [3.05, 3.63) is 33.8 Å². The first kappa shape index (κ1) is 13.2. The molecule has 1 aliphatic heterocycles. The van der Waals surface area contributed by atoms with Gasteiger partial charge in [-0.05, 0) is 31.4 Å². The molecule has 1 aliphatic rings. The monoisotopic (exact) mass is 273 g/mol. The van der Waals surface area contributed by atoms with Crippen LogP contribution in [0.15, 0.2) is 18.2 Å². The maximum absolute atomic E-state index is 6.18. The summed E-state index contributed by atoms with van der Waals surface area (Å²) < 4.78 is 5.57. The van der Waals surface area contributed by atoms with Crippen LogP contribution in [0.5, 0.6) is 0 Å². The summed E-state index contributed by atoms with van der Waals surface area (Å²) in [4.78, 5) is 0. The average molecular weight is 274 g/mol. The summed E-state index contributed by atoms with van der Waals surface area (Å²) in [5.74, 6) is 0. The lowest BCUT2D eigenvalue weighted by Gasteiger charge is -2.18. The number of benzene rings is 1. The fourth-order valence-electron chi connectivity index (χ4n) is 2.08. The van der Waals surface area contributed by atoms with Gasteiger partial charge in [0, 0.05) is 19.2 Å². The predicted octanol–water partition coefficient (Wildman–Crippen LogP) is 3.82. The Kier molecular flexibility index (Phi) is 4.69. The summed E-state index contributed by atoms with van der Waals surface area (Å²) >= 11 is 12.2. The number of ether oxygens (including phenoxy) is 1. The molecule has 0 amide bonds. The number of hydrogen-bond donors (Lipinski definition) is 1. The molecule has 2 atom stereocenters. The largest absolute Gasteiger partial charge is 0.377 e. The van der Waals surface area contributed by atoms with Crippen molar-refractivity contribution in [1.82, 2.24) is 5.32 Å². The van der Waals surface area contributed by atoms with E-state index < -0.39 is 0 Å². The first-order chi connectivity index (χ1) is 8.18. The zero-order valence-corrected chi connectivity index (χ0v) is 11.4. The molecule has 94 valence electrons. The highest BCUT2D eigenvalue weighted by Gasteiger charge is 2.17. The van der Waals surface area contributed by atoms with Crippen LogP contribution < -0.4 is 5.32 Å². The molecule has 17 heavy (non-hydrogen) atoms. The van der Waals surface area contributed by atoms with Crippen LogP contribution in [-0.4, -0.2) is 19.3 Å². The number of halogens is 2. The molecule has 0 aliphatic carbocycles. The quantitative estimate of drug-likeness (QED) is 0.901. The minimum atomic E-state index is 0.186. The van der Waals surface area contributed by atoms with Crippen molar-refractivity contribution in [2.75, 3.05) is 13.2 Å². The van der Waals surface area contributed by atoms with Crippen LogP contribution in [0, 0.1) is 0 Å². The lowest BCUT2D eigenvalue weighted by atomic mass is 10.1. The Hall–Kier alpha value is -0.280. The Morgan fingerprint density at radius 3 is 3.00 bits per heavy atom. The van der Waals surface area contributed by atoms with Gasteiger partial charge >= 0.3 is 0 Å². The van der Waals surface area contributed by atoms with Gasteiger partial charge in [-0.2, -0.15) is 0 Å². The fraction of sp³-hybridized carbons (Fsp3) is 0.538. The summed E-state index contributed by atoms with van der Waals surface area (Å²) in [6, 6.07) is 5.92. The summed E-state index contributed by atoms with van der Waals surface area (Å²) in [5, 5.41) is 4.69. The van der Waals surface area contributed by atoms with Crippen molar-refractivity contribution in [1.29, 1.82) is 0 Å². The second-order valence-electron chi connectivity index (χ2n) is 4.41. The second-order valence-corrected chi connectivity index (χ2v) is 5.19. The zero-order chi connectivity index (χ0) is 12.3. The fourth-order valence-corrected chi connectivity index (χ4v) is 2.55. The van der Waals surface area contributed by atoms with E-state index in [2.05, 4.69) is 12.2 Å². The van der Waals surface area contributed by atoms with Crippen molar-refractivity contribution in [3.63, 3.8) is 0 Å². The summed E-state index contributed by atoms with van der Waals surface area (Å²) in [6.07, 6.45) is 2.65. The van der Waals surface area contributed by atoms with E-state index >= 15 is 0 Å². The number of rotatable bonds is 4. The molecular weight excluding hydrogens is 257 g/mol. The Labute approximate surface area is 112 Å². The zero-order valence-electron chi connectivity index (χ0n) is 9.88. The molecule has 0 radical (unpaired) electrons. The minimum absolute atomic E-state index is 0.186. The Bertz CT molecular complexity index is 378. The molecule has 2 unspecified atom stereocenters. The number of nitrogens with one attached hydrogen (secondary N) is 1. The maximum atomic E-state index is 6.18. The first-order valence-corrected chi connectivity index (χ1v) is 6.73. The van der Waals surface area contributed by atoms with E-state index in [1.807, 2.05) is 12.1 Å². The van der Waals surface area contributed by atoms with Crippen molar-refractivity contribution in [2.24, 2.45) is 0 Å². The van der Waals surface area contributed by atoms with E-state index in [-0.39, 0.29) is 6.04 Å². The van der Waals surface area contributed by atoms with Gasteiger partial charge in [0.25, 0.3) is 0 Å². The van der Waals surface area contributed by atoms with Crippen molar-refractivity contribution in [2.45, 2.75) is 31.9 Å². The molecular formula is C13H17Cl2NO. The van der Waals surface area contributed by atoms with Gasteiger partial charge < -0.3 is 10.1 Å². The third-order valence-electron chi connectivity index (χ3n) is 3.12. The van der Waals surface area contributed by atoms with Gasteiger partial charge in [0.1, 0.15) is 0 Å². The number of hydrogen-bond acceptors (Lipinski definition) is 2. The SMILES string of the molecule is CC(NCC1CCCO1)c1cccc(Cl)c1Cl. The normalized spacial score (nSPS) is 21.7. The minimum Gasteiger partial charge on any atom is -0.377 e. The Morgan fingerprint density at radius 2 is 2.29 bits per heavy atom. The molecule has 0 aromatic heterocycles. The Morgan fingerprint density at radius 1 is 1.47 bits per heavy atom. The molecule has 0 spiro atoms. The van der Waals surface area contributed by atoms with Gasteiger partial charge in [-0.15, -0.1) is 0 Å². The molecule has 1 aromatic rings. The summed E-state index contributed by atoms with van der Waals surface area (Å²) in [5.41, 5.74) is 1.04. The van der Waals surface area contributed by atoms with Gasteiger partial charge in [-0.25, -0.2) is 0 Å². The molecule has 2 nitrogen and oxygen atoms in total. The van der Waals surface area contributed by atoms with E-state index in [1.54, 1.807) is 6.07 Å². The third-order valence-corrected chi connectivity index (χ3v) is 3.96. The third kappa shape index (κ3) is 3.35. The molecule has 1 aromatic carbocycles. The summed E-state index contributed by atoms with van der Waals surface area (Å²) in [7, 11) is 0. The molecule has 1 fully saturated rings. The van der Waals surface area contributed by atoms with Crippen molar-refractivity contribution in [3.8, 4) is 0 Å².